The number of hydrogen-bond acceptors (Lipinski definition) is 3. The summed E-state index contributed by atoms with van der Waals surface area (Å²) in [7, 11) is 1.55. The van der Waals surface area contributed by atoms with Gasteiger partial charge in [0.1, 0.15) is 0 Å². The highest BCUT2D eigenvalue weighted by molar-refractivity contribution is 5.78. The molecule has 5 nitrogen and oxygen atoms in total. The van der Waals surface area contributed by atoms with Crippen LogP contribution in [-0.4, -0.2) is 49.2 Å². The molecule has 1 fully saturated rings. The summed E-state index contributed by atoms with van der Waals surface area (Å²) in [6, 6.07) is 3.69. The molecule has 1 atom stereocenters. The Hall–Kier alpha value is -1.75. The molecule has 2 aliphatic rings. The maximum absolute atomic E-state index is 12.7. The number of aromatic hydroxyl groups is 1. The molecule has 3 rings (SSSR count). The number of phenolic OH excluding ortho intramolecular Hbond substituents is 1. The summed E-state index contributed by atoms with van der Waals surface area (Å²) in [4.78, 5) is 16.1. The van der Waals surface area contributed by atoms with E-state index in [-0.39, 0.29) is 17.7 Å². The number of piperidine rings is 1. The van der Waals surface area contributed by atoms with Crippen LogP contribution in [0.25, 0.3) is 0 Å². The van der Waals surface area contributed by atoms with Gasteiger partial charge < -0.3 is 19.6 Å². The lowest BCUT2D eigenvalue weighted by atomic mass is 9.92. The predicted octanol–water partition coefficient (Wildman–Crippen LogP) is 0.915. The third-order valence-corrected chi connectivity index (χ3v) is 5.26. The van der Waals surface area contributed by atoms with Crippen LogP contribution < -0.4 is 9.64 Å². The van der Waals surface area contributed by atoms with Gasteiger partial charge in [0.15, 0.2) is 18.0 Å². The number of fused-ring (bicyclic) bond motifs is 1. The summed E-state index contributed by atoms with van der Waals surface area (Å²) in [5.74, 6) is 0.898. The molecule has 23 heavy (non-hydrogen) atoms. The van der Waals surface area contributed by atoms with Crippen LogP contribution in [0.2, 0.25) is 0 Å². The van der Waals surface area contributed by atoms with E-state index < -0.39 is 0 Å². The van der Waals surface area contributed by atoms with Gasteiger partial charge >= 0.3 is 0 Å². The largest absolute Gasteiger partial charge is 0.504 e. The summed E-state index contributed by atoms with van der Waals surface area (Å²) in [5, 5.41) is 9.94. The lowest BCUT2D eigenvalue weighted by Crippen LogP contribution is -3.13. The zero-order valence-corrected chi connectivity index (χ0v) is 14.1. The van der Waals surface area contributed by atoms with Crippen LogP contribution in [-0.2, 0) is 11.2 Å². The fourth-order valence-corrected chi connectivity index (χ4v) is 3.88. The van der Waals surface area contributed by atoms with Gasteiger partial charge in [-0.05, 0) is 55.9 Å². The predicted molar refractivity (Wildman–Crippen MR) is 87.9 cm³/mol. The number of likely N-dealkylation sites (tertiary alicyclic amines) is 1. The van der Waals surface area contributed by atoms with Crippen molar-refractivity contribution in [2.45, 2.75) is 38.6 Å². The van der Waals surface area contributed by atoms with Crippen molar-refractivity contribution in [1.82, 2.24) is 4.90 Å². The number of methoxy groups -OCH3 is 1. The molecule has 1 aromatic carbocycles. The first-order chi connectivity index (χ1) is 11.1. The Morgan fingerprint density at radius 3 is 2.78 bits per heavy atom. The average Bonchev–Trinajstić information content (AvgIpc) is 2.55. The Morgan fingerprint density at radius 2 is 2.09 bits per heavy atom. The van der Waals surface area contributed by atoms with E-state index in [1.54, 1.807) is 13.2 Å². The monoisotopic (exact) mass is 319 g/mol. The van der Waals surface area contributed by atoms with Gasteiger partial charge in [0, 0.05) is 6.54 Å². The van der Waals surface area contributed by atoms with Crippen LogP contribution in [0.3, 0.4) is 0 Å². The number of phenols is 1. The third-order valence-electron chi connectivity index (χ3n) is 5.26. The minimum absolute atomic E-state index is 0.0324. The zero-order chi connectivity index (χ0) is 16.4. The molecule has 0 unspecified atom stereocenters. The first kappa shape index (κ1) is 16.1. The first-order valence-corrected chi connectivity index (χ1v) is 8.63. The van der Waals surface area contributed by atoms with Crippen molar-refractivity contribution in [2.24, 2.45) is 0 Å². The molecule has 0 aromatic heterocycles. The molecule has 0 aliphatic carbocycles. The SMILES string of the molecule is COc1cc2c(cc1O)CCN(C(=O)C[NH+]1CCCCC1)[C@H]2C. The normalized spacial score (nSPS) is 21.8. The van der Waals surface area contributed by atoms with Gasteiger partial charge in [-0.1, -0.05) is 0 Å². The van der Waals surface area contributed by atoms with Crippen molar-refractivity contribution in [3.63, 3.8) is 0 Å². The highest BCUT2D eigenvalue weighted by Gasteiger charge is 2.31. The molecular weight excluding hydrogens is 292 g/mol. The molecule has 2 heterocycles. The maximum atomic E-state index is 12.7. The fourth-order valence-electron chi connectivity index (χ4n) is 3.88. The van der Waals surface area contributed by atoms with E-state index >= 15 is 0 Å². The topological polar surface area (TPSA) is 54.2 Å². The summed E-state index contributed by atoms with van der Waals surface area (Å²) in [6.45, 7) is 5.64. The third kappa shape index (κ3) is 3.29. The molecule has 1 saturated heterocycles. The van der Waals surface area contributed by atoms with Gasteiger partial charge in [-0.25, -0.2) is 0 Å². The molecule has 0 spiro atoms. The van der Waals surface area contributed by atoms with E-state index in [2.05, 4.69) is 6.92 Å². The fraction of sp³-hybridized carbons (Fsp3) is 0.611. The molecule has 5 heteroatoms. The summed E-state index contributed by atoms with van der Waals surface area (Å²) in [5.41, 5.74) is 2.21. The van der Waals surface area contributed by atoms with Crippen molar-refractivity contribution in [1.29, 1.82) is 0 Å². The Morgan fingerprint density at radius 1 is 1.35 bits per heavy atom. The van der Waals surface area contributed by atoms with Gasteiger partial charge in [0.2, 0.25) is 0 Å². The molecule has 0 saturated carbocycles. The zero-order valence-electron chi connectivity index (χ0n) is 14.1. The lowest BCUT2D eigenvalue weighted by Gasteiger charge is -2.36. The highest BCUT2D eigenvalue weighted by atomic mass is 16.5. The number of ether oxygens (including phenoxy) is 1. The standard InChI is InChI=1S/C18H26N2O3/c1-13-15-11-17(23-2)16(21)10-14(15)6-9-20(13)18(22)12-19-7-4-3-5-8-19/h10-11,13,21H,3-9,12H2,1-2H3/p+1/t13-/m0/s1. The van der Waals surface area contributed by atoms with Crippen molar-refractivity contribution in [3.8, 4) is 11.5 Å². The Balaban J connectivity index is 1.74. The van der Waals surface area contributed by atoms with E-state index in [1.807, 2.05) is 11.0 Å². The average molecular weight is 319 g/mol. The number of rotatable bonds is 3. The van der Waals surface area contributed by atoms with Gasteiger partial charge in [-0.3, -0.25) is 4.79 Å². The second-order valence-electron chi connectivity index (χ2n) is 6.72. The van der Waals surface area contributed by atoms with E-state index in [0.29, 0.717) is 12.3 Å². The quantitative estimate of drug-likeness (QED) is 0.871. The Bertz CT molecular complexity index is 582. The first-order valence-electron chi connectivity index (χ1n) is 8.63. The number of nitrogens with zero attached hydrogens (tertiary/aromatic N) is 1. The highest BCUT2D eigenvalue weighted by Crippen LogP contribution is 2.37. The van der Waals surface area contributed by atoms with Gasteiger partial charge in [0.25, 0.3) is 5.91 Å². The van der Waals surface area contributed by atoms with Gasteiger partial charge in [-0.2, -0.15) is 0 Å². The van der Waals surface area contributed by atoms with Crippen molar-refractivity contribution in [2.75, 3.05) is 33.3 Å². The van der Waals surface area contributed by atoms with Crippen molar-refractivity contribution in [3.05, 3.63) is 23.3 Å². The number of amides is 1. The Labute approximate surface area is 137 Å². The van der Waals surface area contributed by atoms with E-state index in [0.717, 1.165) is 37.2 Å². The van der Waals surface area contributed by atoms with Crippen LogP contribution >= 0.6 is 0 Å². The van der Waals surface area contributed by atoms with Crippen LogP contribution in [0.1, 0.15) is 43.4 Å². The molecule has 1 amide bonds. The smallest absolute Gasteiger partial charge is 0.278 e. The second-order valence-corrected chi connectivity index (χ2v) is 6.72. The van der Waals surface area contributed by atoms with Crippen LogP contribution in [0, 0.1) is 0 Å². The van der Waals surface area contributed by atoms with E-state index in [1.165, 1.54) is 24.2 Å². The van der Waals surface area contributed by atoms with Crippen molar-refractivity contribution >= 4 is 5.91 Å². The Kier molecular flexibility index (Phi) is 4.76. The van der Waals surface area contributed by atoms with Crippen LogP contribution in [0.4, 0.5) is 0 Å². The van der Waals surface area contributed by atoms with E-state index in [9.17, 15) is 9.90 Å². The number of quaternary nitrogens is 1. The second kappa shape index (κ2) is 6.79. The number of carbonyl (C=O) groups is 1. The molecular formula is C18H27N2O3+. The number of hydrogen-bond donors (Lipinski definition) is 2. The van der Waals surface area contributed by atoms with Crippen molar-refractivity contribution < 1.29 is 19.5 Å². The number of benzene rings is 1. The molecule has 2 aliphatic heterocycles. The van der Waals surface area contributed by atoms with Gasteiger partial charge in [0.05, 0.1) is 26.2 Å². The molecule has 1 aromatic rings. The lowest BCUT2D eigenvalue weighted by molar-refractivity contribution is -0.897. The van der Waals surface area contributed by atoms with Crippen LogP contribution in [0.15, 0.2) is 12.1 Å². The molecule has 0 radical (unpaired) electrons. The van der Waals surface area contributed by atoms with E-state index in [4.69, 9.17) is 4.74 Å². The summed E-state index contributed by atoms with van der Waals surface area (Å²) < 4.78 is 5.22. The summed E-state index contributed by atoms with van der Waals surface area (Å²) in [6.07, 6.45) is 4.56. The molecule has 126 valence electrons. The minimum atomic E-state index is 0.0324. The van der Waals surface area contributed by atoms with Gasteiger partial charge in [-0.15, -0.1) is 0 Å². The number of nitrogens with one attached hydrogen (secondary N) is 1. The molecule has 0 bridgehead atoms. The minimum Gasteiger partial charge on any atom is -0.504 e. The maximum Gasteiger partial charge on any atom is 0.278 e. The molecule has 2 N–H and O–H groups in total. The summed E-state index contributed by atoms with van der Waals surface area (Å²) >= 11 is 0. The van der Waals surface area contributed by atoms with Crippen LogP contribution in [0.5, 0.6) is 11.5 Å². The number of carbonyl (C=O) groups excluding carboxylic acids is 1.